The molecule has 2 heterocycles. The molecule has 0 amide bonds. The number of rotatable bonds is 0. The molecule has 0 saturated carbocycles. The van der Waals surface area contributed by atoms with Crippen molar-refractivity contribution in [2.45, 2.75) is 26.7 Å². The summed E-state index contributed by atoms with van der Waals surface area (Å²) >= 11 is 0. The lowest BCUT2D eigenvalue weighted by Gasteiger charge is -2.19. The Kier molecular flexibility index (Phi) is 1.75. The molecule has 12 heavy (non-hydrogen) atoms. The molecule has 1 aliphatic heterocycles. The number of anilines is 1. The Morgan fingerprint density at radius 2 is 2.25 bits per heavy atom. The molecule has 64 valence electrons. The van der Waals surface area contributed by atoms with Gasteiger partial charge in [-0.05, 0) is 38.3 Å². The third-order valence-corrected chi connectivity index (χ3v) is 2.33. The minimum atomic E-state index is 1.10. The maximum Gasteiger partial charge on any atom is 0.0609 e. The summed E-state index contributed by atoms with van der Waals surface area (Å²) < 4.78 is 0. The van der Waals surface area contributed by atoms with Gasteiger partial charge < -0.3 is 5.32 Å². The van der Waals surface area contributed by atoms with Gasteiger partial charge in [-0.2, -0.15) is 0 Å². The predicted octanol–water partition coefficient (Wildman–Crippen LogP) is 2.06. The van der Waals surface area contributed by atoms with Crippen molar-refractivity contribution in [3.63, 3.8) is 0 Å². The zero-order valence-corrected chi connectivity index (χ0v) is 7.65. The van der Waals surface area contributed by atoms with Crippen LogP contribution in [0.2, 0.25) is 0 Å². The van der Waals surface area contributed by atoms with Crippen LogP contribution in [0.4, 0.5) is 5.69 Å². The van der Waals surface area contributed by atoms with Crippen LogP contribution >= 0.6 is 0 Å². The summed E-state index contributed by atoms with van der Waals surface area (Å²) in [6, 6.07) is 2.19. The van der Waals surface area contributed by atoms with E-state index in [9.17, 15) is 0 Å². The molecule has 0 atom stereocenters. The molecule has 0 radical (unpaired) electrons. The number of hydrogen-bond acceptors (Lipinski definition) is 2. The van der Waals surface area contributed by atoms with Crippen LogP contribution in [0.1, 0.15) is 23.4 Å². The monoisotopic (exact) mass is 162 g/mol. The Bertz CT molecular complexity index is 305. The first kappa shape index (κ1) is 7.59. The smallest absolute Gasteiger partial charge is 0.0609 e. The third kappa shape index (κ3) is 1.17. The number of fused-ring (bicyclic) bond motifs is 1. The van der Waals surface area contributed by atoms with Crippen LogP contribution in [-0.2, 0) is 6.42 Å². The summed E-state index contributed by atoms with van der Waals surface area (Å²) in [6.45, 7) is 5.23. The molecular formula is C10H14N2. The highest BCUT2D eigenvalue weighted by molar-refractivity contribution is 5.56. The summed E-state index contributed by atoms with van der Waals surface area (Å²) in [5, 5.41) is 3.40. The molecule has 1 aliphatic rings. The average molecular weight is 162 g/mol. The number of nitrogens with zero attached hydrogens (tertiary/aromatic N) is 1. The van der Waals surface area contributed by atoms with Crippen molar-refractivity contribution in [3.8, 4) is 0 Å². The summed E-state index contributed by atoms with van der Waals surface area (Å²) in [5.41, 5.74) is 4.98. The third-order valence-electron chi connectivity index (χ3n) is 2.33. The maximum absolute atomic E-state index is 4.42. The van der Waals surface area contributed by atoms with Crippen molar-refractivity contribution >= 4 is 5.69 Å². The molecule has 0 unspecified atom stereocenters. The Labute approximate surface area is 73.0 Å². The fourth-order valence-electron chi connectivity index (χ4n) is 1.84. The van der Waals surface area contributed by atoms with E-state index < -0.39 is 0 Å². The molecule has 2 heteroatoms. The largest absolute Gasteiger partial charge is 0.383 e. The van der Waals surface area contributed by atoms with E-state index in [1.807, 2.05) is 0 Å². The van der Waals surface area contributed by atoms with E-state index in [1.165, 1.54) is 24.1 Å². The van der Waals surface area contributed by atoms with Crippen LogP contribution in [0.15, 0.2) is 6.07 Å². The van der Waals surface area contributed by atoms with E-state index in [-0.39, 0.29) is 0 Å². The van der Waals surface area contributed by atoms with Crippen LogP contribution in [0.5, 0.6) is 0 Å². The highest BCUT2D eigenvalue weighted by atomic mass is 14.9. The van der Waals surface area contributed by atoms with Gasteiger partial charge in [-0.1, -0.05) is 0 Å². The SMILES string of the molecule is Cc1cc2c(c(C)n1)NCCC2. The van der Waals surface area contributed by atoms with Crippen LogP contribution in [0.25, 0.3) is 0 Å². The first-order valence-electron chi connectivity index (χ1n) is 4.48. The fraction of sp³-hybridized carbons (Fsp3) is 0.500. The second-order valence-corrected chi connectivity index (χ2v) is 3.41. The molecule has 0 aliphatic carbocycles. The van der Waals surface area contributed by atoms with E-state index in [0.29, 0.717) is 0 Å². The Balaban J connectivity index is 2.53. The molecule has 1 N–H and O–H groups in total. The lowest BCUT2D eigenvalue weighted by atomic mass is 10.0. The van der Waals surface area contributed by atoms with Gasteiger partial charge in [0.25, 0.3) is 0 Å². The average Bonchev–Trinajstić information content (AvgIpc) is 2.04. The molecular weight excluding hydrogens is 148 g/mol. The molecule has 2 rings (SSSR count). The lowest BCUT2D eigenvalue weighted by molar-refractivity contribution is 0.818. The molecule has 1 aromatic rings. The summed E-state index contributed by atoms with van der Waals surface area (Å²) in [7, 11) is 0. The van der Waals surface area contributed by atoms with Crippen LogP contribution in [0.3, 0.4) is 0 Å². The topological polar surface area (TPSA) is 24.9 Å². The Hall–Kier alpha value is -1.05. The van der Waals surface area contributed by atoms with Crippen molar-refractivity contribution in [2.75, 3.05) is 11.9 Å². The number of pyridine rings is 1. The minimum absolute atomic E-state index is 1.10. The summed E-state index contributed by atoms with van der Waals surface area (Å²) in [5.74, 6) is 0. The van der Waals surface area contributed by atoms with Gasteiger partial charge in [0.2, 0.25) is 0 Å². The Morgan fingerprint density at radius 3 is 3.08 bits per heavy atom. The minimum Gasteiger partial charge on any atom is -0.383 e. The van der Waals surface area contributed by atoms with Gasteiger partial charge in [-0.15, -0.1) is 0 Å². The molecule has 0 bridgehead atoms. The highest BCUT2D eigenvalue weighted by Crippen LogP contribution is 2.24. The standard InChI is InChI=1S/C10H14N2/c1-7-6-9-4-3-5-11-10(9)8(2)12-7/h6,11H,3-5H2,1-2H3. The van der Waals surface area contributed by atoms with E-state index in [4.69, 9.17) is 0 Å². The van der Waals surface area contributed by atoms with E-state index in [0.717, 1.165) is 17.9 Å². The lowest BCUT2D eigenvalue weighted by Crippen LogP contribution is -2.14. The van der Waals surface area contributed by atoms with Gasteiger partial charge in [0.05, 0.1) is 11.4 Å². The predicted molar refractivity (Wildman–Crippen MR) is 50.5 cm³/mol. The second kappa shape index (κ2) is 2.77. The molecule has 0 saturated heterocycles. The van der Waals surface area contributed by atoms with Crippen molar-refractivity contribution in [1.82, 2.24) is 4.98 Å². The second-order valence-electron chi connectivity index (χ2n) is 3.41. The normalized spacial score (nSPS) is 15.2. The maximum atomic E-state index is 4.42. The highest BCUT2D eigenvalue weighted by Gasteiger charge is 2.11. The van der Waals surface area contributed by atoms with Gasteiger partial charge in [0, 0.05) is 12.2 Å². The number of aryl methyl sites for hydroxylation is 3. The van der Waals surface area contributed by atoms with Crippen LogP contribution in [-0.4, -0.2) is 11.5 Å². The number of hydrogen-bond donors (Lipinski definition) is 1. The van der Waals surface area contributed by atoms with Crippen molar-refractivity contribution in [3.05, 3.63) is 23.0 Å². The summed E-state index contributed by atoms with van der Waals surface area (Å²) in [4.78, 5) is 4.42. The van der Waals surface area contributed by atoms with Crippen molar-refractivity contribution < 1.29 is 0 Å². The van der Waals surface area contributed by atoms with Crippen molar-refractivity contribution in [1.29, 1.82) is 0 Å². The van der Waals surface area contributed by atoms with Gasteiger partial charge in [-0.3, -0.25) is 4.98 Å². The van der Waals surface area contributed by atoms with E-state index in [2.05, 4.69) is 30.2 Å². The van der Waals surface area contributed by atoms with E-state index >= 15 is 0 Å². The zero-order valence-electron chi connectivity index (χ0n) is 7.65. The van der Waals surface area contributed by atoms with Gasteiger partial charge in [0.1, 0.15) is 0 Å². The molecule has 0 spiro atoms. The number of aromatic nitrogens is 1. The van der Waals surface area contributed by atoms with Gasteiger partial charge >= 0.3 is 0 Å². The van der Waals surface area contributed by atoms with Crippen LogP contribution < -0.4 is 5.32 Å². The van der Waals surface area contributed by atoms with Crippen LogP contribution in [0, 0.1) is 13.8 Å². The first-order chi connectivity index (χ1) is 5.77. The fourth-order valence-corrected chi connectivity index (χ4v) is 1.84. The zero-order chi connectivity index (χ0) is 8.55. The van der Waals surface area contributed by atoms with Gasteiger partial charge in [0.15, 0.2) is 0 Å². The Morgan fingerprint density at radius 1 is 1.42 bits per heavy atom. The van der Waals surface area contributed by atoms with Gasteiger partial charge in [-0.25, -0.2) is 0 Å². The van der Waals surface area contributed by atoms with E-state index in [1.54, 1.807) is 0 Å². The number of nitrogens with one attached hydrogen (secondary N) is 1. The molecule has 1 aromatic heterocycles. The van der Waals surface area contributed by atoms with Crippen molar-refractivity contribution in [2.24, 2.45) is 0 Å². The first-order valence-corrected chi connectivity index (χ1v) is 4.48. The summed E-state index contributed by atoms with van der Waals surface area (Å²) in [6.07, 6.45) is 2.45. The molecule has 2 nitrogen and oxygen atoms in total. The molecule has 0 fully saturated rings. The molecule has 0 aromatic carbocycles. The quantitative estimate of drug-likeness (QED) is 0.631.